The average Bonchev–Trinajstić information content (AvgIpc) is 3.34. The predicted octanol–water partition coefficient (Wildman–Crippen LogP) is 6.13. The predicted molar refractivity (Wildman–Crippen MR) is 139 cm³/mol. The molecular formula is C28H29NO5S. The highest BCUT2D eigenvalue weighted by Gasteiger charge is 2.25. The van der Waals surface area contributed by atoms with Gasteiger partial charge in [-0.1, -0.05) is 37.6 Å². The summed E-state index contributed by atoms with van der Waals surface area (Å²) in [5, 5.41) is 11.5. The number of fused-ring (bicyclic) bond motifs is 1. The number of benzene rings is 2. The Hall–Kier alpha value is -3.42. The number of thiophene rings is 1. The van der Waals surface area contributed by atoms with Gasteiger partial charge in [0.2, 0.25) is 0 Å². The van der Waals surface area contributed by atoms with E-state index in [-0.39, 0.29) is 17.9 Å². The molecule has 182 valence electrons. The number of unbranched alkanes of at least 4 members (excludes halogenated alkanes) is 1. The summed E-state index contributed by atoms with van der Waals surface area (Å²) in [6.07, 6.45) is 4.13. The molecule has 1 aromatic heterocycles. The molecule has 2 aromatic carbocycles. The lowest BCUT2D eigenvalue weighted by molar-refractivity contribution is -0.132. The second-order valence-electron chi connectivity index (χ2n) is 8.27. The largest absolute Gasteiger partial charge is 0.491 e. The van der Waals surface area contributed by atoms with Crippen molar-refractivity contribution in [3.05, 3.63) is 76.0 Å². The van der Waals surface area contributed by atoms with E-state index < -0.39 is 5.97 Å². The van der Waals surface area contributed by atoms with Gasteiger partial charge in [0, 0.05) is 18.7 Å². The highest BCUT2D eigenvalue weighted by Crippen LogP contribution is 2.34. The second kappa shape index (κ2) is 11.8. The van der Waals surface area contributed by atoms with Gasteiger partial charge in [0.1, 0.15) is 12.4 Å². The lowest BCUT2D eigenvalue weighted by Crippen LogP contribution is -2.31. The molecule has 0 atom stereocenters. The Morgan fingerprint density at radius 1 is 1.03 bits per heavy atom. The maximum atomic E-state index is 13.1. The first-order valence-electron chi connectivity index (χ1n) is 11.8. The molecule has 0 aliphatic carbocycles. The fraction of sp³-hybridized carbons (Fsp3) is 0.286. The highest BCUT2D eigenvalue weighted by molar-refractivity contribution is 7.12. The number of carboxylic acid groups (broad SMARTS) is 1. The number of amides is 1. The molecule has 0 bridgehead atoms. The molecule has 3 aromatic rings. The molecule has 6 nitrogen and oxygen atoms in total. The van der Waals surface area contributed by atoms with Crippen LogP contribution in [0.25, 0.3) is 17.2 Å². The van der Waals surface area contributed by atoms with E-state index in [1.54, 1.807) is 17.0 Å². The quantitative estimate of drug-likeness (QED) is 0.345. The molecule has 0 spiro atoms. The third-order valence-corrected chi connectivity index (χ3v) is 6.69. The zero-order valence-electron chi connectivity index (χ0n) is 19.7. The number of aliphatic carboxylic acids is 1. The number of hydrogen-bond acceptors (Lipinski definition) is 5. The van der Waals surface area contributed by atoms with Crippen molar-refractivity contribution in [1.82, 2.24) is 0 Å². The van der Waals surface area contributed by atoms with Crippen LogP contribution in [0.2, 0.25) is 0 Å². The van der Waals surface area contributed by atoms with Gasteiger partial charge < -0.3 is 19.5 Å². The van der Waals surface area contributed by atoms with Crippen LogP contribution in [0.4, 0.5) is 5.69 Å². The summed E-state index contributed by atoms with van der Waals surface area (Å²) in [4.78, 5) is 27.2. The van der Waals surface area contributed by atoms with Gasteiger partial charge in [-0.15, -0.1) is 11.3 Å². The normalized spacial score (nSPS) is 13.1. The summed E-state index contributed by atoms with van der Waals surface area (Å²) in [7, 11) is 0. The topological polar surface area (TPSA) is 76.1 Å². The van der Waals surface area contributed by atoms with Crippen LogP contribution in [-0.4, -0.2) is 43.3 Å². The van der Waals surface area contributed by atoms with E-state index in [0.29, 0.717) is 35.9 Å². The van der Waals surface area contributed by atoms with E-state index in [4.69, 9.17) is 9.47 Å². The molecule has 1 N–H and O–H groups in total. The molecule has 0 saturated carbocycles. The van der Waals surface area contributed by atoms with Crippen molar-refractivity contribution < 1.29 is 24.2 Å². The van der Waals surface area contributed by atoms with Crippen LogP contribution in [0.1, 0.15) is 41.4 Å². The summed E-state index contributed by atoms with van der Waals surface area (Å²) in [6.45, 7) is 4.26. The summed E-state index contributed by atoms with van der Waals surface area (Å²) < 4.78 is 11.3. The van der Waals surface area contributed by atoms with E-state index >= 15 is 0 Å². The molecular weight excluding hydrogens is 462 g/mol. The van der Waals surface area contributed by atoms with E-state index in [1.807, 2.05) is 53.9 Å². The molecule has 0 saturated heterocycles. The molecule has 7 heteroatoms. The lowest BCUT2D eigenvalue weighted by Gasteiger charge is -2.23. The van der Waals surface area contributed by atoms with Crippen molar-refractivity contribution in [3.8, 4) is 16.9 Å². The fourth-order valence-corrected chi connectivity index (χ4v) is 4.60. The molecule has 0 unspecified atom stereocenters. The first-order valence-corrected chi connectivity index (χ1v) is 12.7. The second-order valence-corrected chi connectivity index (χ2v) is 9.22. The summed E-state index contributed by atoms with van der Waals surface area (Å²) in [6, 6.07) is 17.2. The van der Waals surface area contributed by atoms with Crippen LogP contribution in [0.15, 0.2) is 65.6 Å². The van der Waals surface area contributed by atoms with Crippen LogP contribution in [0.3, 0.4) is 0 Å². The van der Waals surface area contributed by atoms with Crippen molar-refractivity contribution >= 4 is 35.0 Å². The zero-order chi connectivity index (χ0) is 24.6. The first-order chi connectivity index (χ1) is 17.1. The molecule has 35 heavy (non-hydrogen) atoms. The monoisotopic (exact) mass is 491 g/mol. The number of nitrogens with zero attached hydrogens (tertiary/aromatic N) is 1. The maximum Gasteiger partial charge on any atom is 0.331 e. The standard InChI is InChI=1S/C28H29NO5S/c1-2-3-14-33-15-16-34-24-9-6-20(7-10-24)21-8-11-25-23(18-21)19-22(28(31)32)12-13-29(25)27(30)26-5-4-17-35-26/h4-11,17-19H,2-3,12-16H2,1H3,(H,31,32). The van der Waals surface area contributed by atoms with E-state index in [1.165, 1.54) is 11.3 Å². The van der Waals surface area contributed by atoms with Gasteiger partial charge in [0.15, 0.2) is 0 Å². The number of rotatable bonds is 10. The molecule has 4 rings (SSSR count). The van der Waals surface area contributed by atoms with E-state index in [2.05, 4.69) is 6.92 Å². The van der Waals surface area contributed by atoms with Crippen molar-refractivity contribution in [2.24, 2.45) is 0 Å². The highest BCUT2D eigenvalue weighted by atomic mass is 32.1. The number of ether oxygens (including phenoxy) is 2. The van der Waals surface area contributed by atoms with Gasteiger partial charge in [-0.05, 0) is 71.3 Å². The Labute approximate surface area is 209 Å². The van der Waals surface area contributed by atoms with Crippen LogP contribution >= 0.6 is 11.3 Å². The molecule has 1 amide bonds. The van der Waals surface area contributed by atoms with Crippen LogP contribution < -0.4 is 9.64 Å². The van der Waals surface area contributed by atoms with Gasteiger partial charge in [-0.3, -0.25) is 4.79 Å². The minimum Gasteiger partial charge on any atom is -0.491 e. The van der Waals surface area contributed by atoms with E-state index in [9.17, 15) is 14.7 Å². The smallest absolute Gasteiger partial charge is 0.331 e. The Morgan fingerprint density at radius 2 is 1.83 bits per heavy atom. The summed E-state index contributed by atoms with van der Waals surface area (Å²) in [5.74, 6) is -0.315. The molecule has 2 heterocycles. The fourth-order valence-electron chi connectivity index (χ4n) is 3.93. The molecule has 1 aliphatic heterocycles. The van der Waals surface area contributed by atoms with Gasteiger partial charge in [-0.25, -0.2) is 4.79 Å². The Morgan fingerprint density at radius 3 is 2.54 bits per heavy atom. The number of carboxylic acids is 1. The van der Waals surface area contributed by atoms with Crippen LogP contribution in [0, 0.1) is 0 Å². The number of carbonyl (C=O) groups excluding carboxylic acids is 1. The number of carbonyl (C=O) groups is 2. The van der Waals surface area contributed by atoms with Crippen LogP contribution in [0.5, 0.6) is 5.75 Å². The van der Waals surface area contributed by atoms with Crippen molar-refractivity contribution in [2.75, 3.05) is 31.3 Å². The summed E-state index contributed by atoms with van der Waals surface area (Å²) >= 11 is 1.38. The van der Waals surface area contributed by atoms with Crippen molar-refractivity contribution in [2.45, 2.75) is 26.2 Å². The zero-order valence-corrected chi connectivity index (χ0v) is 20.6. The molecule has 0 radical (unpaired) electrons. The number of anilines is 1. The minimum absolute atomic E-state index is 0.116. The third kappa shape index (κ3) is 6.18. The minimum atomic E-state index is -0.966. The molecule has 0 fully saturated rings. The molecule has 1 aliphatic rings. The first kappa shape index (κ1) is 24.7. The van der Waals surface area contributed by atoms with Crippen molar-refractivity contribution in [1.29, 1.82) is 0 Å². The van der Waals surface area contributed by atoms with Gasteiger partial charge in [0.25, 0.3) is 5.91 Å². The van der Waals surface area contributed by atoms with Gasteiger partial charge >= 0.3 is 5.97 Å². The number of hydrogen-bond donors (Lipinski definition) is 1. The Balaban J connectivity index is 1.54. The van der Waals surface area contributed by atoms with Gasteiger partial charge in [-0.2, -0.15) is 0 Å². The van der Waals surface area contributed by atoms with E-state index in [0.717, 1.165) is 36.3 Å². The summed E-state index contributed by atoms with van der Waals surface area (Å²) in [5.41, 5.74) is 3.63. The van der Waals surface area contributed by atoms with Crippen LogP contribution in [-0.2, 0) is 9.53 Å². The van der Waals surface area contributed by atoms with Crippen molar-refractivity contribution in [3.63, 3.8) is 0 Å². The maximum absolute atomic E-state index is 13.1. The Kier molecular flexibility index (Phi) is 8.34. The SMILES string of the molecule is CCCCOCCOc1ccc(-c2ccc3c(c2)C=C(C(=O)O)CCN3C(=O)c2cccs2)cc1. The lowest BCUT2D eigenvalue weighted by atomic mass is 10.00. The van der Waals surface area contributed by atoms with Gasteiger partial charge in [0.05, 0.1) is 17.2 Å². The Bertz CT molecular complexity index is 1180. The average molecular weight is 492 g/mol. The third-order valence-electron chi connectivity index (χ3n) is 5.83.